The standard InChI is InChI=1S/C15H19ClN2O4S/c1-17-14(19)10-23(21,22)11-6-8-18(9-7-11)15(20)12-4-2-3-5-13(12)16/h2-5,11H,6-10H2,1H3,(H,17,19). The quantitative estimate of drug-likeness (QED) is 0.873. The first-order chi connectivity index (χ1) is 10.8. The van der Waals surface area contributed by atoms with Gasteiger partial charge in [0.05, 0.1) is 15.8 Å². The number of halogens is 1. The van der Waals surface area contributed by atoms with Gasteiger partial charge in [-0.05, 0) is 25.0 Å². The van der Waals surface area contributed by atoms with Gasteiger partial charge in [-0.3, -0.25) is 9.59 Å². The number of sulfone groups is 1. The molecule has 0 aliphatic carbocycles. The molecule has 126 valence electrons. The number of likely N-dealkylation sites (tertiary alicyclic amines) is 1. The van der Waals surface area contributed by atoms with Crippen molar-refractivity contribution in [2.45, 2.75) is 18.1 Å². The molecule has 2 amide bonds. The van der Waals surface area contributed by atoms with E-state index in [4.69, 9.17) is 11.6 Å². The van der Waals surface area contributed by atoms with Gasteiger partial charge in [0.25, 0.3) is 5.91 Å². The zero-order valence-corrected chi connectivity index (χ0v) is 14.4. The number of benzene rings is 1. The number of hydrogen-bond donors (Lipinski definition) is 1. The van der Waals surface area contributed by atoms with Gasteiger partial charge < -0.3 is 10.2 Å². The summed E-state index contributed by atoms with van der Waals surface area (Å²) in [6, 6.07) is 6.78. The lowest BCUT2D eigenvalue weighted by Gasteiger charge is -2.31. The van der Waals surface area contributed by atoms with E-state index in [-0.39, 0.29) is 5.91 Å². The molecular weight excluding hydrogens is 340 g/mol. The molecule has 1 aromatic rings. The van der Waals surface area contributed by atoms with Gasteiger partial charge >= 0.3 is 0 Å². The van der Waals surface area contributed by atoms with Crippen LogP contribution in [-0.4, -0.2) is 56.3 Å². The second kappa shape index (κ2) is 7.31. The monoisotopic (exact) mass is 358 g/mol. The van der Waals surface area contributed by atoms with Crippen molar-refractivity contribution in [1.82, 2.24) is 10.2 Å². The molecule has 6 nitrogen and oxygen atoms in total. The van der Waals surface area contributed by atoms with Crippen LogP contribution in [0.2, 0.25) is 5.02 Å². The Kier molecular flexibility index (Phi) is 5.64. The van der Waals surface area contributed by atoms with E-state index in [1.807, 2.05) is 0 Å². The minimum Gasteiger partial charge on any atom is -0.358 e. The Bertz CT molecular complexity index is 697. The van der Waals surface area contributed by atoms with E-state index in [1.165, 1.54) is 7.05 Å². The minimum atomic E-state index is -3.49. The van der Waals surface area contributed by atoms with Crippen molar-refractivity contribution in [2.75, 3.05) is 25.9 Å². The number of carbonyl (C=O) groups excluding carboxylic acids is 2. The Morgan fingerprint density at radius 1 is 1.26 bits per heavy atom. The Balaban J connectivity index is 2.00. The van der Waals surface area contributed by atoms with Crippen molar-refractivity contribution in [3.05, 3.63) is 34.9 Å². The number of nitrogens with zero attached hydrogens (tertiary/aromatic N) is 1. The number of hydrogen-bond acceptors (Lipinski definition) is 4. The highest BCUT2D eigenvalue weighted by Gasteiger charge is 2.33. The zero-order chi connectivity index (χ0) is 17.0. The third-order valence-corrected chi connectivity index (χ3v) is 6.43. The largest absolute Gasteiger partial charge is 0.358 e. The van der Waals surface area contributed by atoms with Gasteiger partial charge in [0.15, 0.2) is 9.84 Å². The van der Waals surface area contributed by atoms with Crippen LogP contribution in [0.25, 0.3) is 0 Å². The Morgan fingerprint density at radius 2 is 1.87 bits per heavy atom. The predicted molar refractivity (Wildman–Crippen MR) is 88.2 cm³/mol. The van der Waals surface area contributed by atoms with Gasteiger partial charge in [0.2, 0.25) is 5.91 Å². The fourth-order valence-electron chi connectivity index (χ4n) is 2.60. The number of rotatable bonds is 4. The summed E-state index contributed by atoms with van der Waals surface area (Å²) in [4.78, 5) is 25.3. The summed E-state index contributed by atoms with van der Waals surface area (Å²) in [7, 11) is -2.09. The van der Waals surface area contributed by atoms with E-state index < -0.39 is 26.7 Å². The minimum absolute atomic E-state index is 0.197. The van der Waals surface area contributed by atoms with E-state index in [2.05, 4.69) is 5.32 Å². The lowest BCUT2D eigenvalue weighted by Crippen LogP contribution is -2.44. The molecule has 1 fully saturated rings. The van der Waals surface area contributed by atoms with Gasteiger partial charge in [-0.25, -0.2) is 8.42 Å². The topological polar surface area (TPSA) is 83.6 Å². The first-order valence-electron chi connectivity index (χ1n) is 7.31. The number of carbonyl (C=O) groups is 2. The highest BCUT2D eigenvalue weighted by Crippen LogP contribution is 2.23. The maximum absolute atomic E-state index is 12.4. The van der Waals surface area contributed by atoms with E-state index >= 15 is 0 Å². The highest BCUT2D eigenvalue weighted by atomic mass is 35.5. The van der Waals surface area contributed by atoms with Crippen LogP contribution >= 0.6 is 11.6 Å². The third kappa shape index (κ3) is 4.23. The van der Waals surface area contributed by atoms with Crippen molar-refractivity contribution < 1.29 is 18.0 Å². The van der Waals surface area contributed by atoms with Crippen LogP contribution in [-0.2, 0) is 14.6 Å². The normalized spacial score (nSPS) is 16.2. The number of nitrogens with one attached hydrogen (secondary N) is 1. The molecule has 0 unspecified atom stereocenters. The predicted octanol–water partition coefficient (Wildman–Crippen LogP) is 1.11. The molecule has 8 heteroatoms. The molecule has 1 heterocycles. The van der Waals surface area contributed by atoms with Gasteiger partial charge in [-0.1, -0.05) is 23.7 Å². The van der Waals surface area contributed by atoms with Crippen molar-refractivity contribution in [3.63, 3.8) is 0 Å². The smallest absolute Gasteiger partial charge is 0.255 e. The zero-order valence-electron chi connectivity index (χ0n) is 12.8. The summed E-state index contributed by atoms with van der Waals surface area (Å²) >= 11 is 6.03. The lowest BCUT2D eigenvalue weighted by molar-refractivity contribution is -0.118. The second-order valence-electron chi connectivity index (χ2n) is 5.45. The van der Waals surface area contributed by atoms with Crippen LogP contribution in [0.1, 0.15) is 23.2 Å². The van der Waals surface area contributed by atoms with E-state index in [9.17, 15) is 18.0 Å². The van der Waals surface area contributed by atoms with Gasteiger partial charge in [0, 0.05) is 20.1 Å². The highest BCUT2D eigenvalue weighted by molar-refractivity contribution is 7.92. The summed E-state index contributed by atoms with van der Waals surface area (Å²) in [5.74, 6) is -1.22. The first-order valence-corrected chi connectivity index (χ1v) is 9.40. The summed E-state index contributed by atoms with van der Waals surface area (Å²) in [5.41, 5.74) is 0.417. The number of piperidine rings is 1. The average Bonchev–Trinajstić information content (AvgIpc) is 2.54. The molecule has 1 aliphatic heterocycles. The summed E-state index contributed by atoms with van der Waals surface area (Å²) in [6.07, 6.45) is 0.658. The second-order valence-corrected chi connectivity index (χ2v) is 8.14. The number of amides is 2. The van der Waals surface area contributed by atoms with E-state index in [1.54, 1.807) is 29.2 Å². The third-order valence-electron chi connectivity index (χ3n) is 3.95. The fourth-order valence-corrected chi connectivity index (χ4v) is 4.49. The van der Waals surface area contributed by atoms with Gasteiger partial charge in [-0.2, -0.15) is 0 Å². The Morgan fingerprint density at radius 3 is 2.43 bits per heavy atom. The maximum atomic E-state index is 12.4. The van der Waals surface area contributed by atoms with E-state index in [0.29, 0.717) is 36.5 Å². The van der Waals surface area contributed by atoms with Crippen LogP contribution in [0.15, 0.2) is 24.3 Å². The van der Waals surface area contributed by atoms with Crippen molar-refractivity contribution >= 4 is 33.3 Å². The molecule has 0 aromatic heterocycles. The van der Waals surface area contributed by atoms with Crippen LogP contribution in [0.5, 0.6) is 0 Å². The first kappa shape index (κ1) is 17.7. The molecule has 0 radical (unpaired) electrons. The molecule has 0 bridgehead atoms. The molecular formula is C15H19ClN2O4S. The van der Waals surface area contributed by atoms with Crippen molar-refractivity contribution in [3.8, 4) is 0 Å². The summed E-state index contributed by atoms with van der Waals surface area (Å²) in [6.45, 7) is 0.670. The van der Waals surface area contributed by atoms with Crippen LogP contribution < -0.4 is 5.32 Å². The van der Waals surface area contributed by atoms with E-state index in [0.717, 1.165) is 0 Å². The van der Waals surface area contributed by atoms with Crippen LogP contribution in [0.3, 0.4) is 0 Å². The lowest BCUT2D eigenvalue weighted by atomic mass is 10.1. The molecule has 1 aromatic carbocycles. The molecule has 0 spiro atoms. The Labute approximate surface area is 140 Å². The molecule has 2 rings (SSSR count). The van der Waals surface area contributed by atoms with Crippen molar-refractivity contribution in [1.29, 1.82) is 0 Å². The van der Waals surface area contributed by atoms with Gasteiger partial charge in [0.1, 0.15) is 5.75 Å². The van der Waals surface area contributed by atoms with Crippen LogP contribution in [0.4, 0.5) is 0 Å². The molecule has 1 aliphatic rings. The van der Waals surface area contributed by atoms with Crippen molar-refractivity contribution in [2.24, 2.45) is 0 Å². The molecule has 1 saturated heterocycles. The SMILES string of the molecule is CNC(=O)CS(=O)(=O)C1CCN(C(=O)c2ccccc2Cl)CC1. The average molecular weight is 359 g/mol. The fraction of sp³-hybridized carbons (Fsp3) is 0.467. The van der Waals surface area contributed by atoms with Crippen LogP contribution in [0, 0.1) is 0 Å². The summed E-state index contributed by atoms with van der Waals surface area (Å²) in [5, 5.41) is 2.11. The summed E-state index contributed by atoms with van der Waals surface area (Å²) < 4.78 is 24.3. The molecule has 1 N–H and O–H groups in total. The molecule has 0 atom stereocenters. The molecule has 23 heavy (non-hydrogen) atoms. The van der Waals surface area contributed by atoms with Gasteiger partial charge in [-0.15, -0.1) is 0 Å². The maximum Gasteiger partial charge on any atom is 0.255 e. The molecule has 0 saturated carbocycles. The Hall–Kier alpha value is -1.60.